The number of carbonyl (C=O) groups excluding carboxylic acids is 1. The number of furan rings is 1. The van der Waals surface area contributed by atoms with Crippen LogP contribution in [0.15, 0.2) is 77.0 Å². The molecule has 2 aromatic heterocycles. The molecular formula is C30H26IrNO3-. The first-order valence-electron chi connectivity index (χ1n) is 11.6. The number of pyridine rings is 1. The van der Waals surface area contributed by atoms with Gasteiger partial charge in [0, 0.05) is 43.2 Å². The summed E-state index contributed by atoms with van der Waals surface area (Å²) in [6.07, 6.45) is 7.95. The maximum atomic E-state index is 10.0. The van der Waals surface area contributed by atoms with E-state index in [2.05, 4.69) is 47.4 Å². The number of rotatable bonds is 2. The van der Waals surface area contributed by atoms with Gasteiger partial charge in [-0.2, -0.15) is 0 Å². The van der Waals surface area contributed by atoms with Crippen LogP contribution in [-0.4, -0.2) is 15.9 Å². The number of aromatic nitrogens is 1. The van der Waals surface area contributed by atoms with E-state index in [1.54, 1.807) is 0 Å². The third-order valence-corrected chi connectivity index (χ3v) is 6.20. The fourth-order valence-corrected chi connectivity index (χ4v) is 4.72. The maximum Gasteiger partial charge on any atom is 0.155 e. The van der Waals surface area contributed by atoms with Gasteiger partial charge in [-0.1, -0.05) is 0 Å². The van der Waals surface area contributed by atoms with Crippen LogP contribution in [0.1, 0.15) is 37.8 Å². The summed E-state index contributed by atoms with van der Waals surface area (Å²) in [7, 11) is 0. The molecule has 35 heavy (non-hydrogen) atoms. The average Bonchev–Trinajstić information content (AvgIpc) is 3.17. The van der Waals surface area contributed by atoms with Crippen molar-refractivity contribution in [3.8, 4) is 11.3 Å². The molecule has 3 aromatic carbocycles. The Morgan fingerprint density at radius 1 is 0.971 bits per heavy atom. The van der Waals surface area contributed by atoms with E-state index in [4.69, 9.17) is 9.52 Å². The van der Waals surface area contributed by atoms with Crippen LogP contribution in [0.5, 0.6) is 0 Å². The standard InChI is InChI=1S/C25H18NO.C5H8O2.Ir/c1-2-6-16(7-3-1)25-20-15-22-21-12-17-8-4-5-9-18(17)13-23(21)27-24(22)14-19(20)10-11-26-25;1-4(6)3-5(2)7;/h1-3,6,10-15H,4-5,8-9H2;3,6H,1-2H3;/q-1;;/b;4-3-;. The molecule has 0 fully saturated rings. The molecule has 0 atom stereocenters. The van der Waals surface area contributed by atoms with E-state index in [0.717, 1.165) is 33.2 Å². The van der Waals surface area contributed by atoms with Crippen molar-refractivity contribution >= 4 is 38.5 Å². The van der Waals surface area contributed by atoms with Crippen molar-refractivity contribution in [3.05, 3.63) is 89.8 Å². The van der Waals surface area contributed by atoms with Crippen molar-refractivity contribution in [2.24, 2.45) is 0 Å². The number of aliphatic hydroxyl groups excluding tert-OH is 1. The molecule has 1 aliphatic rings. The molecule has 0 amide bonds. The maximum absolute atomic E-state index is 10.0. The Morgan fingerprint density at radius 3 is 2.34 bits per heavy atom. The summed E-state index contributed by atoms with van der Waals surface area (Å²) in [6, 6.07) is 22.4. The number of carbonyl (C=O) groups is 1. The second kappa shape index (κ2) is 10.6. The Kier molecular flexibility index (Phi) is 7.49. The first kappa shape index (κ1) is 24.8. The molecule has 4 nitrogen and oxygen atoms in total. The third kappa shape index (κ3) is 5.22. The third-order valence-electron chi connectivity index (χ3n) is 6.20. The first-order valence-corrected chi connectivity index (χ1v) is 11.6. The van der Waals surface area contributed by atoms with Crippen LogP contribution < -0.4 is 0 Å². The summed E-state index contributed by atoms with van der Waals surface area (Å²) in [6.45, 7) is 2.85. The van der Waals surface area contributed by atoms with Crippen LogP contribution in [-0.2, 0) is 37.7 Å². The molecule has 5 aromatic rings. The van der Waals surface area contributed by atoms with Crippen molar-refractivity contribution in [2.75, 3.05) is 0 Å². The van der Waals surface area contributed by atoms with Crippen LogP contribution >= 0.6 is 0 Å². The van der Waals surface area contributed by atoms with E-state index in [-0.39, 0.29) is 31.6 Å². The van der Waals surface area contributed by atoms with E-state index in [9.17, 15) is 4.79 Å². The van der Waals surface area contributed by atoms with Crippen molar-refractivity contribution in [1.82, 2.24) is 4.98 Å². The van der Waals surface area contributed by atoms with Crippen LogP contribution in [0.25, 0.3) is 44.0 Å². The number of hydrogen-bond donors (Lipinski definition) is 1. The molecule has 6 rings (SSSR count). The zero-order valence-electron chi connectivity index (χ0n) is 19.7. The van der Waals surface area contributed by atoms with Crippen molar-refractivity contribution in [2.45, 2.75) is 39.5 Å². The minimum Gasteiger partial charge on any atom is -0.512 e. The first-order chi connectivity index (χ1) is 16.5. The van der Waals surface area contributed by atoms with Gasteiger partial charge in [-0.05, 0) is 97.5 Å². The molecule has 179 valence electrons. The summed E-state index contributed by atoms with van der Waals surface area (Å²) >= 11 is 0. The van der Waals surface area contributed by atoms with Gasteiger partial charge in [0.15, 0.2) is 5.78 Å². The molecule has 1 radical (unpaired) electrons. The molecule has 0 unspecified atom stereocenters. The number of hydrogen-bond acceptors (Lipinski definition) is 4. The molecule has 1 aliphatic carbocycles. The SMILES string of the molecule is CC(=O)/C=C(/C)O.[Ir].[c-]1ccccc1-c1nccc2cc3oc4cc5c(cc4c3cc12)CCCC5. The Morgan fingerprint density at radius 2 is 1.69 bits per heavy atom. The smallest absolute Gasteiger partial charge is 0.155 e. The van der Waals surface area contributed by atoms with E-state index >= 15 is 0 Å². The minimum atomic E-state index is -0.125. The van der Waals surface area contributed by atoms with E-state index in [1.165, 1.54) is 67.5 Å². The van der Waals surface area contributed by atoms with Crippen molar-refractivity contribution in [3.63, 3.8) is 0 Å². The van der Waals surface area contributed by atoms with E-state index < -0.39 is 0 Å². The number of fused-ring (bicyclic) bond motifs is 5. The topological polar surface area (TPSA) is 63.3 Å². The summed E-state index contributed by atoms with van der Waals surface area (Å²) in [5.41, 5.74) is 6.89. The monoisotopic (exact) mass is 641 g/mol. The second-order valence-corrected chi connectivity index (χ2v) is 8.83. The molecule has 0 spiro atoms. The normalized spacial score (nSPS) is 13.1. The van der Waals surface area contributed by atoms with Crippen LogP contribution in [0, 0.1) is 6.07 Å². The molecule has 1 N–H and O–H groups in total. The molecule has 0 saturated carbocycles. The van der Waals surface area contributed by atoms with Crippen LogP contribution in [0.3, 0.4) is 0 Å². The number of benzene rings is 3. The van der Waals surface area contributed by atoms with E-state index in [0.29, 0.717) is 0 Å². The summed E-state index contributed by atoms with van der Waals surface area (Å²) in [5, 5.41) is 13.1. The van der Waals surface area contributed by atoms with Crippen LogP contribution in [0.2, 0.25) is 0 Å². The van der Waals surface area contributed by atoms with Crippen molar-refractivity contribution < 1.29 is 34.4 Å². The van der Waals surface area contributed by atoms with Gasteiger partial charge >= 0.3 is 0 Å². The number of ketones is 1. The van der Waals surface area contributed by atoms with Crippen molar-refractivity contribution in [1.29, 1.82) is 0 Å². The largest absolute Gasteiger partial charge is 0.512 e. The fraction of sp³-hybridized carbons (Fsp3) is 0.200. The zero-order valence-corrected chi connectivity index (χ0v) is 22.1. The zero-order chi connectivity index (χ0) is 23.7. The summed E-state index contributed by atoms with van der Waals surface area (Å²) < 4.78 is 6.24. The molecule has 2 heterocycles. The van der Waals surface area contributed by atoms with Gasteiger partial charge in [0.2, 0.25) is 0 Å². The fourth-order valence-electron chi connectivity index (χ4n) is 4.72. The van der Waals surface area contributed by atoms with Gasteiger partial charge in [0.25, 0.3) is 0 Å². The van der Waals surface area contributed by atoms with Gasteiger partial charge < -0.3 is 14.5 Å². The summed E-state index contributed by atoms with van der Waals surface area (Å²) in [5.74, 6) is -0.0625. The molecular weight excluding hydrogens is 615 g/mol. The predicted molar refractivity (Wildman–Crippen MR) is 137 cm³/mol. The molecule has 0 saturated heterocycles. The summed E-state index contributed by atoms with van der Waals surface area (Å²) in [4.78, 5) is 14.7. The van der Waals surface area contributed by atoms with Gasteiger partial charge in [0.05, 0.1) is 5.76 Å². The van der Waals surface area contributed by atoms with Gasteiger partial charge in [-0.3, -0.25) is 4.79 Å². The number of nitrogens with zero attached hydrogens (tertiary/aromatic N) is 1. The molecule has 0 aliphatic heterocycles. The number of allylic oxidation sites excluding steroid dienone is 2. The van der Waals surface area contributed by atoms with Gasteiger partial charge in [0.1, 0.15) is 11.2 Å². The Hall–Kier alpha value is -3.27. The molecule has 5 heteroatoms. The van der Waals surface area contributed by atoms with Gasteiger partial charge in [-0.15, -0.1) is 35.9 Å². The number of aryl methyl sites for hydroxylation is 2. The van der Waals surface area contributed by atoms with Crippen LogP contribution in [0.4, 0.5) is 0 Å². The predicted octanol–water partition coefficient (Wildman–Crippen LogP) is 7.51. The molecule has 0 bridgehead atoms. The van der Waals surface area contributed by atoms with E-state index in [1.807, 2.05) is 24.4 Å². The Labute approximate surface area is 218 Å². The number of aliphatic hydroxyl groups is 1. The average molecular weight is 641 g/mol. The van der Waals surface area contributed by atoms with Gasteiger partial charge in [-0.25, -0.2) is 0 Å². The Balaban J connectivity index is 0.000000320. The quantitative estimate of drug-likeness (QED) is 0.123. The second-order valence-electron chi connectivity index (χ2n) is 8.83. The minimum absolute atomic E-state index is 0. The Bertz CT molecular complexity index is 1550.